The summed E-state index contributed by atoms with van der Waals surface area (Å²) in [6, 6.07) is 0. The van der Waals surface area contributed by atoms with Gasteiger partial charge < -0.3 is 5.32 Å². The Kier molecular flexibility index (Phi) is 5.58. The molecule has 0 atom stereocenters. The van der Waals surface area contributed by atoms with Gasteiger partial charge in [0.15, 0.2) is 0 Å². The van der Waals surface area contributed by atoms with E-state index in [0.29, 0.717) is 29.9 Å². The average molecular weight is 371 g/mol. The number of carbonyl (C=O) groups is 1. The highest BCUT2D eigenvalue weighted by Gasteiger charge is 2.36. The van der Waals surface area contributed by atoms with Gasteiger partial charge >= 0.3 is 6.18 Å². The summed E-state index contributed by atoms with van der Waals surface area (Å²) in [5.41, 5.74) is 1.91. The monoisotopic (exact) mass is 371 g/mol. The van der Waals surface area contributed by atoms with Gasteiger partial charge in [-0.2, -0.15) is 18.2 Å². The molecule has 0 radical (unpaired) electrons. The van der Waals surface area contributed by atoms with E-state index in [1.807, 2.05) is 0 Å². The molecule has 2 rings (SSSR count). The highest BCUT2D eigenvalue weighted by Crippen LogP contribution is 2.27. The summed E-state index contributed by atoms with van der Waals surface area (Å²) >= 11 is 0. The van der Waals surface area contributed by atoms with Crippen molar-refractivity contribution in [2.75, 3.05) is 6.54 Å². The zero-order valence-corrected chi connectivity index (χ0v) is 15.7. The van der Waals surface area contributed by atoms with Crippen molar-refractivity contribution in [2.24, 2.45) is 5.41 Å². The SMILES string of the molecule is Cc1nc2nc(C(F)(F)F)nn2c(C)c1CCC(=O)NCCC(C)(C)C. The van der Waals surface area contributed by atoms with Gasteiger partial charge in [0, 0.05) is 24.4 Å². The van der Waals surface area contributed by atoms with Crippen molar-refractivity contribution in [3.05, 3.63) is 22.8 Å². The standard InChI is InChI=1S/C17H24F3N5O/c1-10-12(6-7-13(26)21-9-8-16(3,4)5)11(2)25-15(22-10)23-14(24-25)17(18,19)20/h6-9H2,1-5H3,(H,21,26). The predicted molar refractivity (Wildman–Crippen MR) is 90.7 cm³/mol. The average Bonchev–Trinajstić information content (AvgIpc) is 2.89. The molecular formula is C17H24F3N5O. The van der Waals surface area contributed by atoms with E-state index in [0.717, 1.165) is 10.9 Å². The van der Waals surface area contributed by atoms with Crippen molar-refractivity contribution in [1.82, 2.24) is 24.9 Å². The Morgan fingerprint density at radius 1 is 1.15 bits per heavy atom. The number of aromatic nitrogens is 4. The van der Waals surface area contributed by atoms with E-state index < -0.39 is 12.0 Å². The lowest BCUT2D eigenvalue weighted by Crippen LogP contribution is -2.27. The molecule has 0 saturated carbocycles. The van der Waals surface area contributed by atoms with E-state index in [-0.39, 0.29) is 23.5 Å². The lowest BCUT2D eigenvalue weighted by Gasteiger charge is -2.18. The fraction of sp³-hybridized carbons (Fsp3) is 0.647. The van der Waals surface area contributed by atoms with Crippen molar-refractivity contribution < 1.29 is 18.0 Å². The highest BCUT2D eigenvalue weighted by molar-refractivity contribution is 5.76. The molecule has 1 N–H and O–H groups in total. The topological polar surface area (TPSA) is 72.2 Å². The summed E-state index contributed by atoms with van der Waals surface area (Å²) in [4.78, 5) is 19.6. The third kappa shape index (κ3) is 4.92. The number of halogens is 3. The lowest BCUT2D eigenvalue weighted by molar-refractivity contribution is -0.144. The number of rotatable bonds is 5. The van der Waals surface area contributed by atoms with Crippen LogP contribution in [0.25, 0.3) is 5.78 Å². The Labute approximate surface area is 150 Å². The molecule has 144 valence electrons. The molecule has 0 aliphatic carbocycles. The van der Waals surface area contributed by atoms with Crippen LogP contribution in [-0.2, 0) is 17.4 Å². The van der Waals surface area contributed by atoms with Crippen LogP contribution in [-0.4, -0.2) is 32.0 Å². The van der Waals surface area contributed by atoms with Gasteiger partial charge in [0.2, 0.25) is 5.91 Å². The summed E-state index contributed by atoms with van der Waals surface area (Å²) < 4.78 is 39.5. The Balaban J connectivity index is 2.11. The summed E-state index contributed by atoms with van der Waals surface area (Å²) in [6.45, 7) is 10.2. The van der Waals surface area contributed by atoms with Crippen molar-refractivity contribution >= 4 is 11.7 Å². The number of nitrogens with one attached hydrogen (secondary N) is 1. The number of amides is 1. The number of alkyl halides is 3. The minimum atomic E-state index is -4.62. The number of nitrogens with zero attached hydrogens (tertiary/aromatic N) is 4. The molecule has 2 aromatic heterocycles. The Morgan fingerprint density at radius 3 is 2.38 bits per heavy atom. The van der Waals surface area contributed by atoms with E-state index in [1.54, 1.807) is 13.8 Å². The highest BCUT2D eigenvalue weighted by atomic mass is 19.4. The quantitative estimate of drug-likeness (QED) is 0.876. The first kappa shape index (κ1) is 20.1. The van der Waals surface area contributed by atoms with Gasteiger partial charge in [-0.25, -0.2) is 9.50 Å². The van der Waals surface area contributed by atoms with E-state index in [1.165, 1.54) is 0 Å². The van der Waals surface area contributed by atoms with Crippen molar-refractivity contribution in [2.45, 2.75) is 60.1 Å². The molecule has 2 heterocycles. The molecule has 0 aromatic carbocycles. The van der Waals surface area contributed by atoms with Crippen LogP contribution < -0.4 is 5.32 Å². The number of aryl methyl sites for hydroxylation is 2. The molecule has 26 heavy (non-hydrogen) atoms. The van der Waals surface area contributed by atoms with Crippen LogP contribution in [0.1, 0.15) is 56.4 Å². The summed E-state index contributed by atoms with van der Waals surface area (Å²) in [7, 11) is 0. The largest absolute Gasteiger partial charge is 0.453 e. The first-order valence-electron chi connectivity index (χ1n) is 8.45. The second-order valence-electron chi connectivity index (χ2n) is 7.57. The number of carbonyl (C=O) groups excluding carboxylic acids is 1. The van der Waals surface area contributed by atoms with Crippen LogP contribution in [0.3, 0.4) is 0 Å². The van der Waals surface area contributed by atoms with Gasteiger partial charge in [0.1, 0.15) is 0 Å². The zero-order chi connectivity index (χ0) is 19.7. The molecule has 9 heteroatoms. The van der Waals surface area contributed by atoms with Crippen molar-refractivity contribution in [3.63, 3.8) is 0 Å². The maximum atomic E-state index is 12.8. The maximum Gasteiger partial charge on any atom is 0.453 e. The van der Waals surface area contributed by atoms with Gasteiger partial charge in [-0.3, -0.25) is 4.79 Å². The molecule has 0 fully saturated rings. The number of hydrogen-bond donors (Lipinski definition) is 1. The van der Waals surface area contributed by atoms with Gasteiger partial charge in [-0.1, -0.05) is 20.8 Å². The molecule has 0 bridgehead atoms. The molecule has 2 aromatic rings. The number of hydrogen-bond acceptors (Lipinski definition) is 4. The zero-order valence-electron chi connectivity index (χ0n) is 15.7. The second-order valence-corrected chi connectivity index (χ2v) is 7.57. The van der Waals surface area contributed by atoms with Gasteiger partial charge in [0.05, 0.1) is 0 Å². The first-order valence-corrected chi connectivity index (χ1v) is 8.45. The van der Waals surface area contributed by atoms with Crippen LogP contribution in [0.4, 0.5) is 13.2 Å². The van der Waals surface area contributed by atoms with Crippen LogP contribution in [0.15, 0.2) is 0 Å². The lowest BCUT2D eigenvalue weighted by atomic mass is 9.92. The number of fused-ring (bicyclic) bond motifs is 1. The Hall–Kier alpha value is -2.19. The van der Waals surface area contributed by atoms with E-state index in [4.69, 9.17) is 0 Å². The summed E-state index contributed by atoms with van der Waals surface area (Å²) in [6.07, 6.45) is -3.15. The normalized spacial score (nSPS) is 12.6. The second kappa shape index (κ2) is 7.20. The predicted octanol–water partition coefficient (Wildman–Crippen LogP) is 3.24. The van der Waals surface area contributed by atoms with E-state index in [9.17, 15) is 18.0 Å². The molecule has 0 aliphatic heterocycles. The molecule has 0 spiro atoms. The van der Waals surface area contributed by atoms with Crippen molar-refractivity contribution in [3.8, 4) is 0 Å². The van der Waals surface area contributed by atoms with Gasteiger partial charge in [-0.05, 0) is 37.7 Å². The molecule has 0 unspecified atom stereocenters. The maximum absolute atomic E-state index is 12.8. The molecule has 0 saturated heterocycles. The molecule has 6 nitrogen and oxygen atoms in total. The molecular weight excluding hydrogens is 347 g/mol. The first-order chi connectivity index (χ1) is 11.9. The van der Waals surface area contributed by atoms with Gasteiger partial charge in [0.25, 0.3) is 11.6 Å². The van der Waals surface area contributed by atoms with Crippen LogP contribution in [0, 0.1) is 19.3 Å². The Morgan fingerprint density at radius 2 is 1.81 bits per heavy atom. The third-order valence-electron chi connectivity index (χ3n) is 4.10. The molecule has 1 amide bonds. The van der Waals surface area contributed by atoms with E-state index in [2.05, 4.69) is 41.2 Å². The smallest absolute Gasteiger partial charge is 0.356 e. The third-order valence-corrected chi connectivity index (χ3v) is 4.10. The fourth-order valence-corrected chi connectivity index (χ4v) is 2.59. The summed E-state index contributed by atoms with van der Waals surface area (Å²) in [5.74, 6) is -1.40. The van der Waals surface area contributed by atoms with Crippen LogP contribution in [0.2, 0.25) is 0 Å². The van der Waals surface area contributed by atoms with Crippen LogP contribution >= 0.6 is 0 Å². The fourth-order valence-electron chi connectivity index (χ4n) is 2.59. The Bertz CT molecular complexity index is 805. The van der Waals surface area contributed by atoms with E-state index >= 15 is 0 Å². The minimum Gasteiger partial charge on any atom is -0.356 e. The minimum absolute atomic E-state index is 0.0919. The molecule has 0 aliphatic rings. The van der Waals surface area contributed by atoms with Crippen molar-refractivity contribution in [1.29, 1.82) is 0 Å². The van der Waals surface area contributed by atoms with Gasteiger partial charge in [-0.15, -0.1) is 5.10 Å². The summed E-state index contributed by atoms with van der Waals surface area (Å²) in [5, 5.41) is 6.37. The van der Waals surface area contributed by atoms with Crippen LogP contribution in [0.5, 0.6) is 0 Å².